The Morgan fingerprint density at radius 2 is 2.17 bits per heavy atom. The molecule has 0 aliphatic rings. The van der Waals surface area contributed by atoms with E-state index in [1.807, 2.05) is 22.6 Å². The third-order valence-corrected chi connectivity index (χ3v) is 3.43. The van der Waals surface area contributed by atoms with Crippen LogP contribution in [0.1, 0.15) is 10.4 Å². The number of ether oxygens (including phenoxy) is 1. The highest BCUT2D eigenvalue weighted by molar-refractivity contribution is 14.1. The molecule has 0 radical (unpaired) electrons. The fourth-order valence-corrected chi connectivity index (χ4v) is 2.12. The average Bonchev–Trinajstić information content (AvgIpc) is 2.33. The Balaban J connectivity index is 2.63. The zero-order chi connectivity index (χ0) is 13.7. The molecule has 1 rings (SSSR count). The van der Waals surface area contributed by atoms with Crippen molar-refractivity contribution in [3.8, 4) is 0 Å². The Morgan fingerprint density at radius 1 is 1.50 bits per heavy atom. The Bertz CT molecular complexity index is 449. The van der Waals surface area contributed by atoms with E-state index in [0.29, 0.717) is 4.47 Å². The molecule has 4 nitrogen and oxygen atoms in total. The Kier molecular flexibility index (Phi) is 6.00. The van der Waals surface area contributed by atoms with Gasteiger partial charge in [0.15, 0.2) is 0 Å². The highest BCUT2D eigenvalue weighted by Crippen LogP contribution is 2.14. The van der Waals surface area contributed by atoms with Gasteiger partial charge >= 0.3 is 5.97 Å². The van der Waals surface area contributed by atoms with Crippen molar-refractivity contribution in [2.45, 2.75) is 3.92 Å². The van der Waals surface area contributed by atoms with Gasteiger partial charge in [-0.15, -0.1) is 0 Å². The summed E-state index contributed by atoms with van der Waals surface area (Å²) < 4.78 is 17.6. The zero-order valence-corrected chi connectivity index (χ0v) is 13.1. The van der Waals surface area contributed by atoms with Gasteiger partial charge in [0.05, 0.1) is 7.11 Å². The van der Waals surface area contributed by atoms with Crippen LogP contribution in [0.15, 0.2) is 22.7 Å². The minimum absolute atomic E-state index is 0.125. The van der Waals surface area contributed by atoms with E-state index in [1.165, 1.54) is 19.2 Å². The van der Waals surface area contributed by atoms with Crippen molar-refractivity contribution in [1.82, 2.24) is 5.32 Å². The predicted molar refractivity (Wildman–Crippen MR) is 76.3 cm³/mol. The summed E-state index contributed by atoms with van der Waals surface area (Å²) in [6, 6.07) is 3.88. The third-order valence-electron chi connectivity index (χ3n) is 2.02. The highest BCUT2D eigenvalue weighted by atomic mass is 127. The SMILES string of the molecule is COC(=O)C(I)CNC(=O)c1cc(F)cc(Br)c1. The molecule has 0 aliphatic carbocycles. The quantitative estimate of drug-likeness (QED) is 0.454. The second kappa shape index (κ2) is 7.03. The minimum atomic E-state index is -0.506. The lowest BCUT2D eigenvalue weighted by Gasteiger charge is -2.09. The number of hydrogen-bond acceptors (Lipinski definition) is 3. The fraction of sp³-hybridized carbons (Fsp3) is 0.273. The van der Waals surface area contributed by atoms with Crippen LogP contribution in [0.5, 0.6) is 0 Å². The topological polar surface area (TPSA) is 55.4 Å². The number of carbonyl (C=O) groups excluding carboxylic acids is 2. The lowest BCUT2D eigenvalue weighted by molar-refractivity contribution is -0.139. The van der Waals surface area contributed by atoms with Crippen LogP contribution in [-0.4, -0.2) is 29.5 Å². The standard InChI is InChI=1S/C11H10BrFINO3/c1-18-11(17)9(14)5-15-10(16)6-2-7(12)4-8(13)3-6/h2-4,9H,5H2,1H3,(H,15,16). The molecule has 7 heteroatoms. The fourth-order valence-electron chi connectivity index (χ4n) is 1.18. The summed E-state index contributed by atoms with van der Waals surface area (Å²) in [6.07, 6.45) is 0. The number of benzene rings is 1. The number of amides is 1. The molecule has 0 fully saturated rings. The summed E-state index contributed by atoms with van der Waals surface area (Å²) in [6.45, 7) is 0.125. The smallest absolute Gasteiger partial charge is 0.320 e. The Morgan fingerprint density at radius 3 is 2.72 bits per heavy atom. The van der Waals surface area contributed by atoms with Gasteiger partial charge in [0, 0.05) is 16.6 Å². The van der Waals surface area contributed by atoms with E-state index in [9.17, 15) is 14.0 Å². The van der Waals surface area contributed by atoms with E-state index in [1.54, 1.807) is 0 Å². The van der Waals surface area contributed by atoms with E-state index in [4.69, 9.17) is 0 Å². The van der Waals surface area contributed by atoms with Gasteiger partial charge in [0.25, 0.3) is 5.91 Å². The number of alkyl halides is 1. The number of halogens is 3. The number of carbonyl (C=O) groups is 2. The first-order chi connectivity index (χ1) is 8.43. The molecular weight excluding hydrogens is 420 g/mol. The molecule has 1 unspecified atom stereocenters. The molecule has 0 saturated carbocycles. The molecule has 1 amide bonds. The molecule has 98 valence electrons. The van der Waals surface area contributed by atoms with Crippen LogP contribution in [0.4, 0.5) is 4.39 Å². The summed E-state index contributed by atoms with van der Waals surface area (Å²) in [4.78, 5) is 22.8. The van der Waals surface area contributed by atoms with Crippen molar-refractivity contribution in [2.24, 2.45) is 0 Å². The summed E-state index contributed by atoms with van der Waals surface area (Å²) in [5.41, 5.74) is 0.190. The van der Waals surface area contributed by atoms with Crippen molar-refractivity contribution >= 4 is 50.4 Å². The lowest BCUT2D eigenvalue weighted by Crippen LogP contribution is -2.33. The van der Waals surface area contributed by atoms with E-state index in [0.717, 1.165) is 6.07 Å². The van der Waals surface area contributed by atoms with Crippen molar-refractivity contribution in [1.29, 1.82) is 0 Å². The highest BCUT2D eigenvalue weighted by Gasteiger charge is 2.16. The summed E-state index contributed by atoms with van der Waals surface area (Å²) in [7, 11) is 1.28. The Hall–Kier alpha value is -0.700. The summed E-state index contributed by atoms with van der Waals surface area (Å²) in [5, 5.41) is 2.53. The molecule has 1 N–H and O–H groups in total. The van der Waals surface area contributed by atoms with Crippen molar-refractivity contribution < 1.29 is 18.7 Å². The number of rotatable bonds is 4. The Labute approximate surface area is 126 Å². The average molecular weight is 430 g/mol. The van der Waals surface area contributed by atoms with Crippen LogP contribution in [0, 0.1) is 5.82 Å². The summed E-state index contributed by atoms with van der Waals surface area (Å²) >= 11 is 4.96. The third kappa shape index (κ3) is 4.52. The molecule has 0 spiro atoms. The number of methoxy groups -OCH3 is 1. The van der Waals surface area contributed by atoms with Crippen LogP contribution < -0.4 is 5.32 Å². The van der Waals surface area contributed by atoms with Crippen molar-refractivity contribution in [3.63, 3.8) is 0 Å². The molecule has 1 aromatic rings. The van der Waals surface area contributed by atoms with Gasteiger partial charge in [-0.3, -0.25) is 9.59 Å². The largest absolute Gasteiger partial charge is 0.468 e. The van der Waals surface area contributed by atoms with Crippen LogP contribution in [0.2, 0.25) is 0 Å². The monoisotopic (exact) mass is 429 g/mol. The van der Waals surface area contributed by atoms with E-state index in [-0.39, 0.29) is 12.1 Å². The van der Waals surface area contributed by atoms with Crippen LogP contribution in [0.25, 0.3) is 0 Å². The predicted octanol–water partition coefficient (Wildman–Crippen LogP) is 2.29. The van der Waals surface area contributed by atoms with Gasteiger partial charge in [-0.2, -0.15) is 0 Å². The van der Waals surface area contributed by atoms with E-state index >= 15 is 0 Å². The minimum Gasteiger partial charge on any atom is -0.468 e. The maximum absolute atomic E-state index is 13.1. The van der Waals surface area contributed by atoms with Gasteiger partial charge in [0.2, 0.25) is 0 Å². The maximum atomic E-state index is 13.1. The van der Waals surface area contributed by atoms with Crippen LogP contribution in [0.3, 0.4) is 0 Å². The van der Waals surface area contributed by atoms with E-state index in [2.05, 4.69) is 26.0 Å². The first-order valence-corrected chi connectivity index (χ1v) is 6.94. The molecule has 0 heterocycles. The molecule has 1 atom stereocenters. The summed E-state index contributed by atoms with van der Waals surface area (Å²) in [5.74, 6) is -1.37. The van der Waals surface area contributed by atoms with Gasteiger partial charge in [-0.05, 0) is 18.2 Å². The number of nitrogens with one attached hydrogen (secondary N) is 1. The first kappa shape index (κ1) is 15.4. The second-order valence-electron chi connectivity index (χ2n) is 3.36. The van der Waals surface area contributed by atoms with Crippen molar-refractivity contribution in [3.05, 3.63) is 34.1 Å². The number of hydrogen-bond donors (Lipinski definition) is 1. The lowest BCUT2D eigenvalue weighted by atomic mass is 10.2. The molecule has 1 aromatic carbocycles. The van der Waals surface area contributed by atoms with Gasteiger partial charge in [-0.25, -0.2) is 4.39 Å². The molecule has 0 aliphatic heterocycles. The van der Waals surface area contributed by atoms with Crippen molar-refractivity contribution in [2.75, 3.05) is 13.7 Å². The number of esters is 1. The van der Waals surface area contributed by atoms with Crippen LogP contribution in [-0.2, 0) is 9.53 Å². The molecule has 0 saturated heterocycles. The van der Waals surface area contributed by atoms with Gasteiger partial charge in [-0.1, -0.05) is 38.5 Å². The van der Waals surface area contributed by atoms with Crippen LogP contribution >= 0.6 is 38.5 Å². The zero-order valence-electron chi connectivity index (χ0n) is 9.38. The molecule has 0 aromatic heterocycles. The molecular formula is C11H10BrFINO3. The van der Waals surface area contributed by atoms with Gasteiger partial charge in [0.1, 0.15) is 9.74 Å². The normalized spacial score (nSPS) is 11.8. The molecule has 18 heavy (non-hydrogen) atoms. The second-order valence-corrected chi connectivity index (χ2v) is 5.78. The maximum Gasteiger partial charge on any atom is 0.320 e. The van der Waals surface area contributed by atoms with Gasteiger partial charge < -0.3 is 10.1 Å². The van der Waals surface area contributed by atoms with E-state index < -0.39 is 21.6 Å². The first-order valence-electron chi connectivity index (χ1n) is 4.90. The molecule has 0 bridgehead atoms.